The molecule has 0 bridgehead atoms. The van der Waals surface area contributed by atoms with Crippen molar-refractivity contribution in [2.75, 3.05) is 6.61 Å². The van der Waals surface area contributed by atoms with Crippen LogP contribution >= 0.6 is 0 Å². The predicted molar refractivity (Wildman–Crippen MR) is 119 cm³/mol. The highest BCUT2D eigenvalue weighted by atomic mass is 16.6. The van der Waals surface area contributed by atoms with Crippen molar-refractivity contribution >= 4 is 12.2 Å². The largest absolute Gasteiger partial charge is 0.485 e. The van der Waals surface area contributed by atoms with Crippen LogP contribution in [0.15, 0.2) is 71.9 Å². The highest BCUT2D eigenvalue weighted by Gasteiger charge is 2.11. The molecule has 31 heavy (non-hydrogen) atoms. The first kappa shape index (κ1) is 21.9. The van der Waals surface area contributed by atoms with E-state index in [0.717, 1.165) is 11.1 Å². The number of carboxylic acid groups (broad SMARTS) is 1. The Hall–Kier alpha value is -3.80. The van der Waals surface area contributed by atoms with E-state index in [1.807, 2.05) is 74.5 Å². The molecular weight excluding hydrogens is 394 g/mol. The smallest absolute Gasteiger partial charge is 0.344 e. The summed E-state index contributed by atoms with van der Waals surface area (Å²) in [5, 5.41) is 12.4. The lowest BCUT2D eigenvalue weighted by Crippen LogP contribution is -2.05. The first-order valence-electron chi connectivity index (χ1n) is 9.88. The highest BCUT2D eigenvalue weighted by Crippen LogP contribution is 2.32. The number of hydrogen-bond donors (Lipinski definition) is 1. The van der Waals surface area contributed by atoms with Gasteiger partial charge < -0.3 is 19.4 Å². The molecule has 0 heterocycles. The molecule has 6 heteroatoms. The number of rotatable bonds is 10. The van der Waals surface area contributed by atoms with Gasteiger partial charge in [-0.2, -0.15) is 0 Å². The van der Waals surface area contributed by atoms with E-state index >= 15 is 0 Å². The fourth-order valence-electron chi connectivity index (χ4n) is 2.77. The van der Waals surface area contributed by atoms with Crippen molar-refractivity contribution in [1.82, 2.24) is 0 Å². The van der Waals surface area contributed by atoms with E-state index in [1.165, 1.54) is 17.3 Å². The minimum Gasteiger partial charge on any atom is -0.485 e. The topological polar surface area (TPSA) is 77.4 Å². The number of hydrogen-bond acceptors (Lipinski definition) is 5. The Labute approximate surface area is 181 Å². The molecule has 0 amide bonds. The molecule has 0 aromatic heterocycles. The molecule has 3 aromatic carbocycles. The van der Waals surface area contributed by atoms with Crippen LogP contribution in [0.2, 0.25) is 0 Å². The molecule has 0 aliphatic rings. The van der Waals surface area contributed by atoms with Crippen molar-refractivity contribution in [2.45, 2.75) is 27.1 Å². The average molecular weight is 419 g/mol. The Morgan fingerprint density at radius 2 is 1.45 bits per heavy atom. The molecule has 0 saturated heterocycles. The summed E-state index contributed by atoms with van der Waals surface area (Å²) in [7, 11) is 0. The van der Waals surface area contributed by atoms with E-state index in [0.29, 0.717) is 30.3 Å². The molecule has 3 aromatic rings. The zero-order valence-corrected chi connectivity index (χ0v) is 17.6. The number of carbonyl (C=O) groups is 1. The van der Waals surface area contributed by atoms with Crippen LogP contribution in [0.25, 0.3) is 0 Å². The number of carboxylic acids is 1. The Bertz CT molecular complexity index is 1030. The number of oxime groups is 1. The minimum absolute atomic E-state index is 0.349. The molecule has 0 unspecified atom stereocenters. The summed E-state index contributed by atoms with van der Waals surface area (Å²) >= 11 is 0. The SMILES string of the molecule is Cc1ccc(COc2cccc(C=NOCC(=O)O)c2OCc2ccc(C)cc2)cc1. The van der Waals surface area contributed by atoms with E-state index in [2.05, 4.69) is 5.16 Å². The van der Waals surface area contributed by atoms with Crippen LogP contribution in [0.3, 0.4) is 0 Å². The van der Waals surface area contributed by atoms with Crippen molar-refractivity contribution < 1.29 is 24.2 Å². The molecule has 3 rings (SSSR count). The maximum Gasteiger partial charge on any atom is 0.344 e. The summed E-state index contributed by atoms with van der Waals surface area (Å²) in [4.78, 5) is 15.4. The van der Waals surface area contributed by atoms with Gasteiger partial charge in [0.2, 0.25) is 6.61 Å². The Morgan fingerprint density at radius 1 is 0.871 bits per heavy atom. The minimum atomic E-state index is -1.09. The van der Waals surface area contributed by atoms with Gasteiger partial charge in [-0.05, 0) is 37.1 Å². The second kappa shape index (κ2) is 10.8. The molecule has 0 fully saturated rings. The number of benzene rings is 3. The van der Waals surface area contributed by atoms with Gasteiger partial charge in [0.15, 0.2) is 11.5 Å². The maximum atomic E-state index is 10.6. The highest BCUT2D eigenvalue weighted by molar-refractivity contribution is 5.84. The van der Waals surface area contributed by atoms with Gasteiger partial charge in [0.05, 0.1) is 6.21 Å². The molecule has 0 aliphatic heterocycles. The lowest BCUT2D eigenvalue weighted by atomic mass is 10.1. The van der Waals surface area contributed by atoms with Crippen molar-refractivity contribution in [3.63, 3.8) is 0 Å². The lowest BCUT2D eigenvalue weighted by Gasteiger charge is -2.15. The van der Waals surface area contributed by atoms with Crippen LogP contribution in [-0.2, 0) is 22.8 Å². The van der Waals surface area contributed by atoms with E-state index in [9.17, 15) is 4.79 Å². The second-order valence-electron chi connectivity index (χ2n) is 7.12. The Kier molecular flexibility index (Phi) is 7.65. The third kappa shape index (κ3) is 6.89. The van der Waals surface area contributed by atoms with E-state index < -0.39 is 12.6 Å². The van der Waals surface area contributed by atoms with Gasteiger partial charge in [0, 0.05) is 5.56 Å². The van der Waals surface area contributed by atoms with Crippen molar-refractivity contribution in [3.8, 4) is 11.5 Å². The van der Waals surface area contributed by atoms with Crippen LogP contribution < -0.4 is 9.47 Å². The average Bonchev–Trinajstić information content (AvgIpc) is 2.76. The number of aliphatic carboxylic acids is 1. The normalized spacial score (nSPS) is 10.8. The standard InChI is InChI=1S/C25H25NO5/c1-18-6-10-20(11-7-18)15-29-23-5-3-4-22(14-26-31-17-24(27)28)25(23)30-16-21-12-8-19(2)9-13-21/h3-14H,15-17H2,1-2H3,(H,27,28). The zero-order chi connectivity index (χ0) is 22.1. The van der Waals surface area contributed by atoms with Gasteiger partial charge in [0.1, 0.15) is 13.2 Å². The molecular formula is C25H25NO5. The van der Waals surface area contributed by atoms with E-state index in [-0.39, 0.29) is 0 Å². The second-order valence-corrected chi connectivity index (χ2v) is 7.12. The molecule has 0 radical (unpaired) electrons. The molecule has 160 valence electrons. The van der Waals surface area contributed by atoms with Gasteiger partial charge in [-0.15, -0.1) is 0 Å². The predicted octanol–water partition coefficient (Wildman–Crippen LogP) is 4.90. The summed E-state index contributed by atoms with van der Waals surface area (Å²) in [6.07, 6.45) is 1.42. The number of ether oxygens (including phenoxy) is 2. The quantitative estimate of drug-likeness (QED) is 0.374. The molecule has 0 spiro atoms. The van der Waals surface area contributed by atoms with Crippen LogP contribution in [0.1, 0.15) is 27.8 Å². The monoisotopic (exact) mass is 419 g/mol. The fourth-order valence-corrected chi connectivity index (χ4v) is 2.77. The molecule has 0 aliphatic carbocycles. The first-order valence-corrected chi connectivity index (χ1v) is 9.88. The first-order chi connectivity index (χ1) is 15.0. The molecule has 0 saturated carbocycles. The van der Waals surface area contributed by atoms with E-state index in [1.54, 1.807) is 6.07 Å². The lowest BCUT2D eigenvalue weighted by molar-refractivity contribution is -0.142. The Morgan fingerprint density at radius 3 is 2.03 bits per heavy atom. The molecule has 0 atom stereocenters. The third-order valence-corrected chi connectivity index (χ3v) is 4.48. The van der Waals surface area contributed by atoms with E-state index in [4.69, 9.17) is 19.4 Å². The molecule has 6 nitrogen and oxygen atoms in total. The van der Waals surface area contributed by atoms with Crippen LogP contribution in [0, 0.1) is 13.8 Å². The van der Waals surface area contributed by atoms with Gasteiger partial charge >= 0.3 is 5.97 Å². The summed E-state index contributed by atoms with van der Waals surface area (Å²) in [6.45, 7) is 4.29. The maximum absolute atomic E-state index is 10.6. The van der Waals surface area contributed by atoms with Crippen molar-refractivity contribution in [2.24, 2.45) is 5.16 Å². The zero-order valence-electron chi connectivity index (χ0n) is 17.6. The van der Waals surface area contributed by atoms with Crippen molar-refractivity contribution in [1.29, 1.82) is 0 Å². The summed E-state index contributed by atoms with van der Waals surface area (Å²) < 4.78 is 12.1. The summed E-state index contributed by atoms with van der Waals surface area (Å²) in [5.41, 5.74) is 5.04. The van der Waals surface area contributed by atoms with Gasteiger partial charge in [0.25, 0.3) is 0 Å². The van der Waals surface area contributed by atoms with Gasteiger partial charge in [-0.25, -0.2) is 4.79 Å². The number of para-hydroxylation sites is 1. The molecule has 1 N–H and O–H groups in total. The van der Waals surface area contributed by atoms with Gasteiger partial charge in [-0.3, -0.25) is 0 Å². The number of aryl methyl sites for hydroxylation is 2. The van der Waals surface area contributed by atoms with Crippen LogP contribution in [0.4, 0.5) is 0 Å². The van der Waals surface area contributed by atoms with Crippen molar-refractivity contribution in [3.05, 3.63) is 94.5 Å². The van der Waals surface area contributed by atoms with Crippen LogP contribution in [-0.4, -0.2) is 23.9 Å². The van der Waals surface area contributed by atoms with Crippen LogP contribution in [0.5, 0.6) is 11.5 Å². The third-order valence-electron chi connectivity index (χ3n) is 4.48. The fraction of sp³-hybridized carbons (Fsp3) is 0.200. The van der Waals surface area contributed by atoms with Gasteiger partial charge in [-0.1, -0.05) is 70.9 Å². The number of nitrogens with zero attached hydrogens (tertiary/aromatic N) is 1. The summed E-state index contributed by atoms with van der Waals surface area (Å²) in [6, 6.07) is 21.6. The Balaban J connectivity index is 1.79. The summed E-state index contributed by atoms with van der Waals surface area (Å²) in [5.74, 6) is -0.0177.